The molecule has 2 aromatic carbocycles. The Hall–Kier alpha value is -2.43. The van der Waals surface area contributed by atoms with E-state index in [9.17, 15) is 8.78 Å². The maximum absolute atomic E-state index is 13.3. The van der Waals surface area contributed by atoms with E-state index >= 15 is 0 Å². The monoisotopic (exact) mass is 302 g/mol. The third-order valence-electron chi connectivity index (χ3n) is 3.60. The summed E-state index contributed by atoms with van der Waals surface area (Å²) in [5.74, 6) is -0.921. The zero-order valence-electron chi connectivity index (χ0n) is 12.4. The minimum Gasteiger partial charge on any atom is -0.491 e. The van der Waals surface area contributed by atoms with Gasteiger partial charge in [0.1, 0.15) is 12.4 Å². The maximum Gasteiger partial charge on any atom is 0.161 e. The summed E-state index contributed by atoms with van der Waals surface area (Å²) in [6.45, 7) is 4.93. The van der Waals surface area contributed by atoms with Crippen molar-refractivity contribution in [3.63, 3.8) is 0 Å². The number of hydrogen-bond donors (Lipinski definition) is 0. The summed E-state index contributed by atoms with van der Waals surface area (Å²) < 4.78 is 34.0. The molecular weight excluding hydrogens is 286 g/mol. The summed E-state index contributed by atoms with van der Waals surface area (Å²) in [4.78, 5) is 4.08. The van der Waals surface area contributed by atoms with Gasteiger partial charge in [0.2, 0.25) is 0 Å². The second-order valence-electron chi connectivity index (χ2n) is 5.31. The number of aromatic nitrogens is 2. The summed E-state index contributed by atoms with van der Waals surface area (Å²) in [6.07, 6.45) is 1.57. The zero-order valence-corrected chi connectivity index (χ0v) is 12.4. The molecule has 22 heavy (non-hydrogen) atoms. The molecule has 0 saturated carbocycles. The van der Waals surface area contributed by atoms with Gasteiger partial charge in [0, 0.05) is 12.1 Å². The van der Waals surface area contributed by atoms with Gasteiger partial charge in [0.25, 0.3) is 0 Å². The van der Waals surface area contributed by atoms with Crippen LogP contribution in [0.3, 0.4) is 0 Å². The molecule has 0 aliphatic carbocycles. The minimum atomic E-state index is -0.885. The van der Waals surface area contributed by atoms with E-state index in [4.69, 9.17) is 4.74 Å². The van der Waals surface area contributed by atoms with Crippen LogP contribution in [0.1, 0.15) is 11.1 Å². The van der Waals surface area contributed by atoms with Crippen molar-refractivity contribution in [2.24, 2.45) is 0 Å². The molecule has 0 atom stereocenters. The van der Waals surface area contributed by atoms with Crippen molar-refractivity contribution >= 4 is 11.0 Å². The molecule has 3 rings (SSSR count). The molecule has 1 aromatic heterocycles. The SMILES string of the molecule is Cc1ccc(C)c(OCCn2cnc3cc(F)c(F)cc32)c1. The van der Waals surface area contributed by atoms with E-state index in [0.29, 0.717) is 24.2 Å². The van der Waals surface area contributed by atoms with E-state index in [0.717, 1.165) is 29.0 Å². The molecule has 0 bridgehead atoms. The molecule has 3 aromatic rings. The van der Waals surface area contributed by atoms with E-state index in [1.54, 1.807) is 10.9 Å². The van der Waals surface area contributed by atoms with Crippen molar-refractivity contribution in [1.29, 1.82) is 0 Å². The molecule has 5 heteroatoms. The Kier molecular flexibility index (Phi) is 3.79. The molecule has 0 fully saturated rings. The fourth-order valence-corrected chi connectivity index (χ4v) is 2.35. The number of aryl methyl sites for hydroxylation is 2. The molecule has 0 unspecified atom stereocenters. The van der Waals surface area contributed by atoms with Crippen LogP contribution in [0, 0.1) is 25.5 Å². The highest BCUT2D eigenvalue weighted by Crippen LogP contribution is 2.20. The summed E-state index contributed by atoms with van der Waals surface area (Å²) in [6, 6.07) is 8.29. The lowest BCUT2D eigenvalue weighted by atomic mass is 10.1. The molecule has 0 amide bonds. The second kappa shape index (κ2) is 5.75. The van der Waals surface area contributed by atoms with E-state index in [2.05, 4.69) is 4.98 Å². The lowest BCUT2D eigenvalue weighted by Crippen LogP contribution is -2.08. The quantitative estimate of drug-likeness (QED) is 0.728. The van der Waals surface area contributed by atoms with Crippen LogP contribution in [0.25, 0.3) is 11.0 Å². The smallest absolute Gasteiger partial charge is 0.161 e. The Labute approximate surface area is 127 Å². The Bertz CT molecular complexity index is 827. The van der Waals surface area contributed by atoms with Crippen LogP contribution in [0.15, 0.2) is 36.7 Å². The van der Waals surface area contributed by atoms with Gasteiger partial charge in [-0.1, -0.05) is 12.1 Å². The van der Waals surface area contributed by atoms with Crippen LogP contribution in [0.5, 0.6) is 5.75 Å². The first kappa shape index (κ1) is 14.5. The van der Waals surface area contributed by atoms with Gasteiger partial charge in [-0.25, -0.2) is 13.8 Å². The van der Waals surface area contributed by atoms with E-state index in [1.807, 2.05) is 32.0 Å². The van der Waals surface area contributed by atoms with Crippen molar-refractivity contribution in [2.75, 3.05) is 6.61 Å². The molecule has 114 valence electrons. The van der Waals surface area contributed by atoms with Crippen LogP contribution in [0.2, 0.25) is 0 Å². The lowest BCUT2D eigenvalue weighted by molar-refractivity contribution is 0.298. The Morgan fingerprint density at radius 1 is 1.09 bits per heavy atom. The predicted molar refractivity (Wildman–Crippen MR) is 81.1 cm³/mol. The number of halogens is 2. The van der Waals surface area contributed by atoms with Crippen molar-refractivity contribution in [2.45, 2.75) is 20.4 Å². The Morgan fingerprint density at radius 3 is 2.68 bits per heavy atom. The average molecular weight is 302 g/mol. The number of benzene rings is 2. The first-order valence-electron chi connectivity index (χ1n) is 7.04. The lowest BCUT2D eigenvalue weighted by Gasteiger charge is -2.11. The number of fused-ring (bicyclic) bond motifs is 1. The molecule has 0 radical (unpaired) electrons. The molecular formula is C17H16F2N2O. The highest BCUT2D eigenvalue weighted by molar-refractivity contribution is 5.75. The first-order chi connectivity index (χ1) is 10.5. The normalized spacial score (nSPS) is 11.1. The fourth-order valence-electron chi connectivity index (χ4n) is 2.35. The number of imidazole rings is 1. The molecule has 0 N–H and O–H groups in total. The van der Waals surface area contributed by atoms with Gasteiger partial charge in [-0.05, 0) is 31.0 Å². The van der Waals surface area contributed by atoms with Crippen molar-refractivity contribution < 1.29 is 13.5 Å². The van der Waals surface area contributed by atoms with E-state index < -0.39 is 11.6 Å². The standard InChI is InChI=1S/C17H16F2N2O/c1-11-3-4-12(2)17(7-11)22-6-5-21-10-20-15-8-13(18)14(19)9-16(15)21/h3-4,7-10H,5-6H2,1-2H3. The van der Waals surface area contributed by atoms with Gasteiger partial charge < -0.3 is 9.30 Å². The number of ether oxygens (including phenoxy) is 1. The van der Waals surface area contributed by atoms with Crippen LogP contribution in [-0.2, 0) is 6.54 Å². The molecule has 0 aliphatic rings. The molecule has 0 saturated heterocycles. The highest BCUT2D eigenvalue weighted by Gasteiger charge is 2.09. The number of hydrogen-bond acceptors (Lipinski definition) is 2. The summed E-state index contributed by atoms with van der Waals surface area (Å²) >= 11 is 0. The number of nitrogens with zero attached hydrogens (tertiary/aromatic N) is 2. The van der Waals surface area contributed by atoms with Crippen LogP contribution in [-0.4, -0.2) is 16.2 Å². The largest absolute Gasteiger partial charge is 0.491 e. The average Bonchev–Trinajstić information content (AvgIpc) is 2.86. The summed E-state index contributed by atoms with van der Waals surface area (Å²) in [7, 11) is 0. The highest BCUT2D eigenvalue weighted by atomic mass is 19.2. The van der Waals surface area contributed by atoms with E-state index in [-0.39, 0.29) is 0 Å². The van der Waals surface area contributed by atoms with Gasteiger partial charge in [-0.3, -0.25) is 0 Å². The predicted octanol–water partition coefficient (Wildman–Crippen LogP) is 4.01. The van der Waals surface area contributed by atoms with Crippen LogP contribution in [0.4, 0.5) is 8.78 Å². The molecule has 0 aliphatic heterocycles. The number of rotatable bonds is 4. The van der Waals surface area contributed by atoms with Gasteiger partial charge in [0.05, 0.1) is 23.9 Å². The summed E-state index contributed by atoms with van der Waals surface area (Å²) in [5, 5.41) is 0. The topological polar surface area (TPSA) is 27.1 Å². The van der Waals surface area contributed by atoms with Gasteiger partial charge in [-0.15, -0.1) is 0 Å². The third-order valence-corrected chi connectivity index (χ3v) is 3.60. The van der Waals surface area contributed by atoms with Gasteiger partial charge in [-0.2, -0.15) is 0 Å². The Morgan fingerprint density at radius 2 is 1.86 bits per heavy atom. The fraction of sp³-hybridized carbons (Fsp3) is 0.235. The first-order valence-corrected chi connectivity index (χ1v) is 7.04. The van der Waals surface area contributed by atoms with Crippen molar-refractivity contribution in [1.82, 2.24) is 9.55 Å². The maximum atomic E-state index is 13.3. The van der Waals surface area contributed by atoms with Crippen molar-refractivity contribution in [3.8, 4) is 5.75 Å². The molecule has 3 nitrogen and oxygen atoms in total. The van der Waals surface area contributed by atoms with Crippen LogP contribution >= 0.6 is 0 Å². The Balaban J connectivity index is 1.74. The van der Waals surface area contributed by atoms with Gasteiger partial charge >= 0.3 is 0 Å². The second-order valence-corrected chi connectivity index (χ2v) is 5.31. The summed E-state index contributed by atoms with van der Waals surface area (Å²) in [5.41, 5.74) is 3.19. The minimum absolute atomic E-state index is 0.425. The van der Waals surface area contributed by atoms with E-state index in [1.165, 1.54) is 0 Å². The zero-order chi connectivity index (χ0) is 15.7. The van der Waals surface area contributed by atoms with Crippen molar-refractivity contribution in [3.05, 3.63) is 59.4 Å². The van der Waals surface area contributed by atoms with Crippen LogP contribution < -0.4 is 4.74 Å². The third kappa shape index (κ3) is 2.79. The van der Waals surface area contributed by atoms with Gasteiger partial charge in [0.15, 0.2) is 11.6 Å². The molecule has 0 spiro atoms. The molecule has 1 heterocycles.